The molecule has 0 amide bonds. The maximum absolute atomic E-state index is 6.13. The first-order chi connectivity index (χ1) is 11.2. The summed E-state index contributed by atoms with van der Waals surface area (Å²) in [4.78, 5) is 6.73. The Balaban J connectivity index is 1.63. The van der Waals surface area contributed by atoms with Gasteiger partial charge in [0.05, 0.1) is 13.2 Å². The van der Waals surface area contributed by atoms with Crippen molar-refractivity contribution in [3.63, 3.8) is 0 Å². The van der Waals surface area contributed by atoms with Gasteiger partial charge in [-0.2, -0.15) is 0 Å². The van der Waals surface area contributed by atoms with Gasteiger partial charge >= 0.3 is 0 Å². The lowest BCUT2D eigenvalue weighted by molar-refractivity contribution is 0.0377. The van der Waals surface area contributed by atoms with Crippen molar-refractivity contribution < 1.29 is 4.74 Å². The second-order valence-corrected chi connectivity index (χ2v) is 6.27. The van der Waals surface area contributed by atoms with E-state index >= 15 is 0 Å². The summed E-state index contributed by atoms with van der Waals surface area (Å²) in [5.74, 6) is 0.468. The average molecular weight is 359 g/mol. The Hall–Kier alpha value is -1.01. The highest BCUT2D eigenvalue weighted by atomic mass is 35.5. The number of halogens is 2. The standard InChI is InChI=1S/C16H24Cl2N4O/c17-14-3-1-4-15(18)13(14)5-7-21-16(19)20-6-2-8-22-9-11-23-12-10-22/h1,3-4H,2,5-12H2,(H3,19,20,21). The smallest absolute Gasteiger partial charge is 0.188 e. The van der Waals surface area contributed by atoms with Gasteiger partial charge in [0.25, 0.3) is 0 Å². The molecule has 1 fully saturated rings. The van der Waals surface area contributed by atoms with Crippen LogP contribution in [0.25, 0.3) is 0 Å². The summed E-state index contributed by atoms with van der Waals surface area (Å²) < 4.78 is 5.32. The molecule has 0 unspecified atom stereocenters. The van der Waals surface area contributed by atoms with Gasteiger partial charge in [0.2, 0.25) is 0 Å². The van der Waals surface area contributed by atoms with Gasteiger partial charge in [-0.1, -0.05) is 29.3 Å². The number of hydrogen-bond acceptors (Lipinski definition) is 3. The van der Waals surface area contributed by atoms with Crippen LogP contribution in [0.4, 0.5) is 0 Å². The number of ether oxygens (including phenoxy) is 1. The van der Waals surface area contributed by atoms with Crippen LogP contribution in [0, 0.1) is 0 Å². The minimum absolute atomic E-state index is 0.468. The van der Waals surface area contributed by atoms with Crippen molar-refractivity contribution in [1.29, 1.82) is 0 Å². The summed E-state index contributed by atoms with van der Waals surface area (Å²) in [7, 11) is 0. The third-order valence-electron chi connectivity index (χ3n) is 3.76. The van der Waals surface area contributed by atoms with Gasteiger partial charge in [-0.15, -0.1) is 0 Å². The minimum atomic E-state index is 0.468. The Morgan fingerprint density at radius 3 is 2.65 bits per heavy atom. The Labute approximate surface area is 147 Å². The molecule has 0 aliphatic carbocycles. The highest BCUT2D eigenvalue weighted by molar-refractivity contribution is 6.35. The summed E-state index contributed by atoms with van der Waals surface area (Å²) in [6.45, 7) is 6.10. The van der Waals surface area contributed by atoms with Crippen LogP contribution in [0.3, 0.4) is 0 Å². The van der Waals surface area contributed by atoms with Crippen molar-refractivity contribution >= 4 is 29.2 Å². The van der Waals surface area contributed by atoms with Crippen LogP contribution in [0.5, 0.6) is 0 Å². The third-order valence-corrected chi connectivity index (χ3v) is 4.47. The van der Waals surface area contributed by atoms with E-state index in [9.17, 15) is 0 Å². The van der Waals surface area contributed by atoms with E-state index in [0.29, 0.717) is 29.0 Å². The van der Waals surface area contributed by atoms with Crippen molar-refractivity contribution in [1.82, 2.24) is 10.2 Å². The fraction of sp³-hybridized carbons (Fsp3) is 0.562. The molecule has 128 valence electrons. The fourth-order valence-electron chi connectivity index (χ4n) is 2.46. The Morgan fingerprint density at radius 2 is 1.96 bits per heavy atom. The van der Waals surface area contributed by atoms with Crippen molar-refractivity contribution in [2.75, 3.05) is 45.9 Å². The number of guanidine groups is 1. The second kappa shape index (κ2) is 9.98. The fourth-order valence-corrected chi connectivity index (χ4v) is 3.05. The Morgan fingerprint density at radius 1 is 1.26 bits per heavy atom. The molecule has 0 saturated carbocycles. The van der Waals surface area contributed by atoms with E-state index in [0.717, 1.165) is 51.4 Å². The average Bonchev–Trinajstić information content (AvgIpc) is 2.55. The number of nitrogens with zero attached hydrogens (tertiary/aromatic N) is 2. The van der Waals surface area contributed by atoms with Gasteiger partial charge in [0, 0.05) is 42.8 Å². The Kier molecular flexibility index (Phi) is 7.95. The van der Waals surface area contributed by atoms with Crippen molar-refractivity contribution in [3.05, 3.63) is 33.8 Å². The highest BCUT2D eigenvalue weighted by Gasteiger charge is 2.09. The molecule has 0 radical (unpaired) electrons. The summed E-state index contributed by atoms with van der Waals surface area (Å²) in [6.07, 6.45) is 1.71. The molecule has 1 aromatic carbocycles. The molecule has 2 rings (SSSR count). The molecule has 1 aliphatic heterocycles. The first-order valence-electron chi connectivity index (χ1n) is 7.93. The molecule has 23 heavy (non-hydrogen) atoms. The van der Waals surface area contributed by atoms with E-state index in [1.54, 1.807) is 0 Å². The van der Waals surface area contributed by atoms with E-state index < -0.39 is 0 Å². The molecule has 7 heteroatoms. The van der Waals surface area contributed by atoms with Gasteiger partial charge in [-0.3, -0.25) is 9.89 Å². The molecule has 5 nitrogen and oxygen atoms in total. The number of morpholine rings is 1. The number of hydrogen-bond donors (Lipinski definition) is 2. The molecule has 3 N–H and O–H groups in total. The largest absolute Gasteiger partial charge is 0.379 e. The zero-order valence-corrected chi connectivity index (χ0v) is 14.7. The van der Waals surface area contributed by atoms with Gasteiger partial charge < -0.3 is 15.8 Å². The number of rotatable bonds is 7. The first kappa shape index (κ1) is 18.3. The molecular formula is C16H24Cl2N4O. The predicted molar refractivity (Wildman–Crippen MR) is 96.5 cm³/mol. The van der Waals surface area contributed by atoms with Crippen molar-refractivity contribution in [3.8, 4) is 0 Å². The Bertz CT molecular complexity index is 499. The lowest BCUT2D eigenvalue weighted by Gasteiger charge is -2.26. The molecule has 0 aromatic heterocycles. The maximum Gasteiger partial charge on any atom is 0.188 e. The van der Waals surface area contributed by atoms with Crippen LogP contribution < -0.4 is 11.1 Å². The van der Waals surface area contributed by atoms with Crippen LogP contribution in [-0.2, 0) is 11.2 Å². The molecule has 0 atom stereocenters. The van der Waals surface area contributed by atoms with E-state index in [1.807, 2.05) is 18.2 Å². The molecule has 1 heterocycles. The first-order valence-corrected chi connectivity index (χ1v) is 8.69. The maximum atomic E-state index is 6.13. The van der Waals surface area contributed by atoms with E-state index in [-0.39, 0.29) is 0 Å². The number of benzene rings is 1. The summed E-state index contributed by atoms with van der Waals surface area (Å²) in [5, 5.41) is 4.46. The quantitative estimate of drug-likeness (QED) is 0.445. The lowest BCUT2D eigenvalue weighted by Crippen LogP contribution is -2.37. The molecule has 0 spiro atoms. The van der Waals surface area contributed by atoms with Crippen LogP contribution in [0.1, 0.15) is 12.0 Å². The predicted octanol–water partition coefficient (Wildman–Crippen LogP) is 2.16. The lowest BCUT2D eigenvalue weighted by atomic mass is 10.1. The summed E-state index contributed by atoms with van der Waals surface area (Å²) in [5.41, 5.74) is 6.81. The molecule has 0 bridgehead atoms. The van der Waals surface area contributed by atoms with Crippen molar-refractivity contribution in [2.45, 2.75) is 12.8 Å². The number of aliphatic imine (C=N–C) groups is 1. The topological polar surface area (TPSA) is 62.9 Å². The zero-order valence-electron chi connectivity index (χ0n) is 13.2. The molecular weight excluding hydrogens is 335 g/mol. The number of nitrogens with two attached hydrogens (primary N) is 1. The second-order valence-electron chi connectivity index (χ2n) is 5.45. The monoisotopic (exact) mass is 358 g/mol. The van der Waals surface area contributed by atoms with Gasteiger partial charge in [-0.25, -0.2) is 0 Å². The van der Waals surface area contributed by atoms with Crippen LogP contribution in [0.15, 0.2) is 23.2 Å². The SMILES string of the molecule is NC(=NCCCN1CCOCC1)NCCc1c(Cl)cccc1Cl. The van der Waals surface area contributed by atoms with E-state index in [2.05, 4.69) is 15.2 Å². The number of nitrogens with one attached hydrogen (secondary N) is 1. The van der Waals surface area contributed by atoms with Gasteiger partial charge in [-0.05, 0) is 30.5 Å². The third kappa shape index (κ3) is 6.55. The zero-order chi connectivity index (χ0) is 16.5. The summed E-state index contributed by atoms with van der Waals surface area (Å²) >= 11 is 12.3. The van der Waals surface area contributed by atoms with E-state index in [1.165, 1.54) is 0 Å². The van der Waals surface area contributed by atoms with Crippen LogP contribution in [0.2, 0.25) is 10.0 Å². The van der Waals surface area contributed by atoms with Gasteiger partial charge in [0.15, 0.2) is 5.96 Å². The normalized spacial score (nSPS) is 16.5. The molecule has 1 aromatic rings. The van der Waals surface area contributed by atoms with Crippen molar-refractivity contribution in [2.24, 2.45) is 10.7 Å². The van der Waals surface area contributed by atoms with Crippen LogP contribution >= 0.6 is 23.2 Å². The van der Waals surface area contributed by atoms with Crippen LogP contribution in [-0.4, -0.2) is 56.8 Å². The summed E-state index contributed by atoms with van der Waals surface area (Å²) in [6, 6.07) is 5.52. The molecule has 1 saturated heterocycles. The molecule has 1 aliphatic rings. The highest BCUT2D eigenvalue weighted by Crippen LogP contribution is 2.24. The minimum Gasteiger partial charge on any atom is -0.379 e. The van der Waals surface area contributed by atoms with E-state index in [4.69, 9.17) is 33.7 Å². The van der Waals surface area contributed by atoms with Gasteiger partial charge in [0.1, 0.15) is 0 Å².